The van der Waals surface area contributed by atoms with Gasteiger partial charge >= 0.3 is 5.97 Å². The molecule has 0 unspecified atom stereocenters. The van der Waals surface area contributed by atoms with Gasteiger partial charge in [0.1, 0.15) is 0 Å². The number of nitrogens with two attached hydrogens (primary N) is 1. The largest absolute Gasteiger partial charge is 0.465 e. The molecule has 0 spiro atoms. The van der Waals surface area contributed by atoms with E-state index >= 15 is 0 Å². The Morgan fingerprint density at radius 1 is 1.33 bits per heavy atom. The molecule has 3 nitrogen and oxygen atoms in total. The number of carbonyl (C=O) groups is 1. The van der Waals surface area contributed by atoms with E-state index < -0.39 is 5.97 Å². The van der Waals surface area contributed by atoms with Crippen LogP contribution in [0.5, 0.6) is 0 Å². The van der Waals surface area contributed by atoms with Gasteiger partial charge in [-0.25, -0.2) is 4.79 Å². The van der Waals surface area contributed by atoms with Crippen molar-refractivity contribution in [1.29, 1.82) is 0 Å². The average Bonchev–Trinajstić information content (AvgIpc) is 2.27. The standard InChI is InChI=1S/C12H15NO2/c1-4-8-6-7-10(12(14)15-3)11(13)9(8)5-2/h4-7H,13H2,1-3H3/b8-4-,9-5+. The molecule has 0 heterocycles. The van der Waals surface area contributed by atoms with Crippen molar-refractivity contribution in [3.63, 3.8) is 0 Å². The molecular formula is C12H15NO2. The Kier molecular flexibility index (Phi) is 3.50. The third-order valence-corrected chi connectivity index (χ3v) is 2.33. The van der Waals surface area contributed by atoms with Crippen LogP contribution in [0.1, 0.15) is 24.2 Å². The van der Waals surface area contributed by atoms with E-state index in [2.05, 4.69) is 4.74 Å². The zero-order valence-electron chi connectivity index (χ0n) is 9.20. The lowest BCUT2D eigenvalue weighted by molar-refractivity contribution is 0.0602. The summed E-state index contributed by atoms with van der Waals surface area (Å²) in [5.41, 5.74) is 6.78. The Labute approximate surface area is 88.9 Å². The van der Waals surface area contributed by atoms with Gasteiger partial charge in [0, 0.05) is 5.22 Å². The summed E-state index contributed by atoms with van der Waals surface area (Å²) in [6, 6.07) is 3.54. The van der Waals surface area contributed by atoms with Gasteiger partial charge in [-0.3, -0.25) is 0 Å². The molecule has 0 bridgehead atoms. The van der Waals surface area contributed by atoms with Gasteiger partial charge in [-0.15, -0.1) is 0 Å². The van der Waals surface area contributed by atoms with Crippen LogP contribution in [0.2, 0.25) is 0 Å². The Hall–Kier alpha value is -1.77. The van der Waals surface area contributed by atoms with Gasteiger partial charge in [-0.05, 0) is 25.1 Å². The summed E-state index contributed by atoms with van der Waals surface area (Å²) in [4.78, 5) is 11.4. The van der Waals surface area contributed by atoms with E-state index in [4.69, 9.17) is 5.73 Å². The highest BCUT2D eigenvalue weighted by Gasteiger charge is 2.09. The first-order chi connectivity index (χ1) is 7.15. The fraction of sp³-hybridized carbons (Fsp3) is 0.250. The maximum Gasteiger partial charge on any atom is 0.339 e. The van der Waals surface area contributed by atoms with Gasteiger partial charge < -0.3 is 10.5 Å². The minimum absolute atomic E-state index is 0.404. The molecule has 2 N–H and O–H groups in total. The summed E-state index contributed by atoms with van der Waals surface area (Å²) in [5, 5.41) is 1.89. The second-order valence-electron chi connectivity index (χ2n) is 3.10. The van der Waals surface area contributed by atoms with Gasteiger partial charge in [0.05, 0.1) is 18.4 Å². The van der Waals surface area contributed by atoms with Crippen molar-refractivity contribution in [2.24, 2.45) is 0 Å². The lowest BCUT2D eigenvalue weighted by Gasteiger charge is -2.04. The molecule has 0 atom stereocenters. The van der Waals surface area contributed by atoms with Crippen LogP contribution in [0, 0.1) is 0 Å². The van der Waals surface area contributed by atoms with Crippen LogP contribution in [0.25, 0.3) is 12.2 Å². The molecule has 80 valence electrons. The number of benzene rings is 1. The highest BCUT2D eigenvalue weighted by atomic mass is 16.5. The van der Waals surface area contributed by atoms with Gasteiger partial charge in [-0.1, -0.05) is 18.2 Å². The van der Waals surface area contributed by atoms with Crippen molar-refractivity contribution in [2.45, 2.75) is 13.8 Å². The maximum absolute atomic E-state index is 11.4. The van der Waals surface area contributed by atoms with Crippen LogP contribution >= 0.6 is 0 Å². The monoisotopic (exact) mass is 205 g/mol. The molecule has 0 saturated carbocycles. The number of anilines is 1. The molecule has 0 aliphatic carbocycles. The second kappa shape index (κ2) is 4.64. The molecular weight excluding hydrogens is 190 g/mol. The molecule has 0 aliphatic rings. The molecule has 0 aromatic heterocycles. The number of methoxy groups -OCH3 is 1. The molecule has 1 aromatic carbocycles. The quantitative estimate of drug-likeness (QED) is 0.541. The molecule has 0 aliphatic heterocycles. The lowest BCUT2D eigenvalue weighted by atomic mass is 10.1. The number of hydrogen-bond acceptors (Lipinski definition) is 3. The van der Waals surface area contributed by atoms with E-state index in [0.717, 1.165) is 10.4 Å². The van der Waals surface area contributed by atoms with E-state index in [0.29, 0.717) is 11.3 Å². The Morgan fingerprint density at radius 3 is 2.47 bits per heavy atom. The highest BCUT2D eigenvalue weighted by Crippen LogP contribution is 2.05. The normalized spacial score (nSPS) is 13.0. The summed E-state index contributed by atoms with van der Waals surface area (Å²) in [7, 11) is 1.34. The van der Waals surface area contributed by atoms with Gasteiger partial charge in [0.15, 0.2) is 0 Å². The third kappa shape index (κ3) is 2.01. The summed E-state index contributed by atoms with van der Waals surface area (Å²) < 4.78 is 4.65. The molecule has 0 amide bonds. The first-order valence-corrected chi connectivity index (χ1v) is 4.75. The Morgan fingerprint density at radius 2 is 2.00 bits per heavy atom. The molecule has 0 radical (unpaired) electrons. The van der Waals surface area contributed by atoms with Crippen LogP contribution in [0.3, 0.4) is 0 Å². The molecule has 15 heavy (non-hydrogen) atoms. The first-order valence-electron chi connectivity index (χ1n) is 4.75. The minimum atomic E-state index is -0.404. The Bertz CT molecular complexity index is 489. The van der Waals surface area contributed by atoms with Crippen molar-refractivity contribution in [1.82, 2.24) is 0 Å². The zero-order chi connectivity index (χ0) is 11.4. The van der Waals surface area contributed by atoms with Gasteiger partial charge in [-0.2, -0.15) is 0 Å². The fourth-order valence-corrected chi connectivity index (χ4v) is 1.52. The number of carbonyl (C=O) groups excluding carboxylic acids is 1. The third-order valence-electron chi connectivity index (χ3n) is 2.33. The van der Waals surface area contributed by atoms with Crippen molar-refractivity contribution in [3.8, 4) is 0 Å². The van der Waals surface area contributed by atoms with E-state index in [-0.39, 0.29) is 0 Å². The van der Waals surface area contributed by atoms with E-state index in [1.54, 1.807) is 6.07 Å². The van der Waals surface area contributed by atoms with Crippen LogP contribution in [-0.2, 0) is 4.74 Å². The zero-order valence-corrected chi connectivity index (χ0v) is 9.20. The summed E-state index contributed by atoms with van der Waals surface area (Å²) >= 11 is 0. The number of esters is 1. The van der Waals surface area contributed by atoms with Crippen LogP contribution in [-0.4, -0.2) is 13.1 Å². The van der Waals surface area contributed by atoms with E-state index in [1.807, 2.05) is 32.1 Å². The number of ether oxygens (including phenoxy) is 1. The summed E-state index contributed by atoms with van der Waals surface area (Å²) in [6.45, 7) is 3.82. The topological polar surface area (TPSA) is 52.3 Å². The molecule has 1 aromatic rings. The van der Waals surface area contributed by atoms with Gasteiger partial charge in [0.2, 0.25) is 0 Å². The Balaban J connectivity index is 3.58. The molecule has 0 fully saturated rings. The molecule has 0 saturated heterocycles. The van der Waals surface area contributed by atoms with E-state index in [1.165, 1.54) is 7.11 Å². The SMILES string of the molecule is C/C=c1/ccc(C(=O)OC)c(N)/c1=C/C. The van der Waals surface area contributed by atoms with Crippen LogP contribution in [0.15, 0.2) is 12.1 Å². The van der Waals surface area contributed by atoms with Crippen LogP contribution < -0.4 is 16.2 Å². The molecule has 1 rings (SSSR count). The number of rotatable bonds is 1. The lowest BCUT2D eigenvalue weighted by Crippen LogP contribution is -2.29. The smallest absolute Gasteiger partial charge is 0.339 e. The van der Waals surface area contributed by atoms with Crippen molar-refractivity contribution < 1.29 is 9.53 Å². The van der Waals surface area contributed by atoms with Crippen LogP contribution in [0.4, 0.5) is 5.69 Å². The number of hydrogen-bond donors (Lipinski definition) is 1. The maximum atomic E-state index is 11.4. The highest BCUT2D eigenvalue weighted by molar-refractivity contribution is 5.95. The van der Waals surface area contributed by atoms with Gasteiger partial charge in [0.25, 0.3) is 0 Å². The van der Waals surface area contributed by atoms with E-state index in [9.17, 15) is 4.79 Å². The number of nitrogen functional groups attached to an aromatic ring is 1. The van der Waals surface area contributed by atoms with Crippen molar-refractivity contribution in [3.05, 3.63) is 28.1 Å². The predicted molar refractivity (Wildman–Crippen MR) is 61.7 cm³/mol. The summed E-state index contributed by atoms with van der Waals surface area (Å²) in [6.07, 6.45) is 3.84. The second-order valence-corrected chi connectivity index (χ2v) is 3.10. The summed E-state index contributed by atoms with van der Waals surface area (Å²) in [5.74, 6) is -0.404. The van der Waals surface area contributed by atoms with Crippen molar-refractivity contribution >= 4 is 23.8 Å². The average molecular weight is 205 g/mol. The predicted octanol–water partition coefficient (Wildman–Crippen LogP) is 0.656. The van der Waals surface area contributed by atoms with Crippen molar-refractivity contribution in [2.75, 3.05) is 12.8 Å². The minimum Gasteiger partial charge on any atom is -0.465 e. The first kappa shape index (κ1) is 11.3. The molecule has 3 heteroatoms. The fourth-order valence-electron chi connectivity index (χ4n) is 1.52.